The smallest absolute Gasteiger partial charge is 0.325 e. The fourth-order valence-electron chi connectivity index (χ4n) is 0.983. The molecule has 0 aliphatic heterocycles. The second kappa shape index (κ2) is 3.26. The van der Waals surface area contributed by atoms with Crippen LogP contribution in [0, 0.1) is 6.92 Å². The zero-order valence-corrected chi connectivity index (χ0v) is 6.84. The van der Waals surface area contributed by atoms with E-state index >= 15 is 0 Å². The van der Waals surface area contributed by atoms with E-state index < -0.39 is 23.6 Å². The fourth-order valence-corrected chi connectivity index (χ4v) is 0.983. The van der Waals surface area contributed by atoms with Crippen LogP contribution in [0.1, 0.15) is 11.3 Å². The maximum absolute atomic E-state index is 11.0. The first kappa shape index (κ1) is 9.24. The van der Waals surface area contributed by atoms with Gasteiger partial charge in [-0.3, -0.25) is 9.78 Å². The number of carbonyl (C=O) groups is 1. The largest absolute Gasteiger partial charge is 0.550 e. The molecule has 6 nitrogen and oxygen atoms in total. The summed E-state index contributed by atoms with van der Waals surface area (Å²) in [7, 11) is 0. The number of hydrogen-bond donors (Lipinski definition) is 2. The van der Waals surface area contributed by atoms with Crippen LogP contribution in [0.5, 0.6) is 0 Å². The van der Waals surface area contributed by atoms with Crippen molar-refractivity contribution in [2.45, 2.75) is 13.3 Å². The lowest BCUT2D eigenvalue weighted by Gasteiger charge is -2.03. The van der Waals surface area contributed by atoms with Crippen molar-refractivity contribution in [2.24, 2.45) is 0 Å². The maximum Gasteiger partial charge on any atom is 0.325 e. The number of carboxylic acid groups (broad SMARTS) is 1. The lowest BCUT2D eigenvalue weighted by atomic mass is 10.2. The molecule has 0 aliphatic rings. The van der Waals surface area contributed by atoms with Gasteiger partial charge in [-0.2, -0.15) is 0 Å². The molecule has 1 heterocycles. The predicted octanol–water partition coefficient (Wildman–Crippen LogP) is -2.34. The molecular weight excluding hydrogens is 176 g/mol. The van der Waals surface area contributed by atoms with Crippen LogP contribution in [0.4, 0.5) is 0 Å². The summed E-state index contributed by atoms with van der Waals surface area (Å²) < 4.78 is 0. The topological polar surface area (TPSA) is 106 Å². The minimum atomic E-state index is -1.36. The second-order valence-electron chi connectivity index (χ2n) is 2.56. The van der Waals surface area contributed by atoms with Crippen LogP contribution in [-0.2, 0) is 11.2 Å². The van der Waals surface area contributed by atoms with Crippen molar-refractivity contribution in [1.29, 1.82) is 0 Å². The van der Waals surface area contributed by atoms with E-state index in [1.54, 1.807) is 0 Å². The van der Waals surface area contributed by atoms with Gasteiger partial charge in [0.1, 0.15) is 0 Å². The molecule has 0 aromatic carbocycles. The standard InChI is InChI=1S/C7H8N2O4/c1-3-4(2-5(10)11)6(12)9-7(13)8-3/h2H2,1H3,(H,10,11)(H2,8,9,12,13)/p-1. The first-order valence-corrected chi connectivity index (χ1v) is 3.52. The van der Waals surface area contributed by atoms with Crippen LogP contribution in [0.2, 0.25) is 0 Å². The summed E-state index contributed by atoms with van der Waals surface area (Å²) in [5.74, 6) is -1.36. The Hall–Kier alpha value is -1.85. The summed E-state index contributed by atoms with van der Waals surface area (Å²) in [5.41, 5.74) is -1.08. The summed E-state index contributed by atoms with van der Waals surface area (Å²) in [4.78, 5) is 36.1. The van der Waals surface area contributed by atoms with Crippen molar-refractivity contribution < 1.29 is 9.90 Å². The molecule has 13 heavy (non-hydrogen) atoms. The molecule has 1 rings (SSSR count). The van der Waals surface area contributed by atoms with Gasteiger partial charge >= 0.3 is 5.69 Å². The van der Waals surface area contributed by atoms with Crippen molar-refractivity contribution in [3.05, 3.63) is 32.1 Å². The minimum Gasteiger partial charge on any atom is -0.550 e. The van der Waals surface area contributed by atoms with Crippen molar-refractivity contribution in [3.63, 3.8) is 0 Å². The zero-order valence-electron chi connectivity index (χ0n) is 6.84. The lowest BCUT2D eigenvalue weighted by molar-refractivity contribution is -0.304. The molecule has 0 spiro atoms. The second-order valence-corrected chi connectivity index (χ2v) is 2.56. The van der Waals surface area contributed by atoms with E-state index in [1.165, 1.54) is 6.92 Å². The zero-order chi connectivity index (χ0) is 10.0. The van der Waals surface area contributed by atoms with E-state index in [4.69, 9.17) is 0 Å². The molecule has 1 aromatic rings. The molecular formula is C7H7N2O4-. The number of nitrogens with one attached hydrogen (secondary N) is 2. The molecule has 6 heteroatoms. The van der Waals surface area contributed by atoms with Gasteiger partial charge in [0.05, 0.1) is 0 Å². The molecule has 0 atom stereocenters. The van der Waals surface area contributed by atoms with Crippen LogP contribution in [0.25, 0.3) is 0 Å². The number of carboxylic acids is 1. The summed E-state index contributed by atoms with van der Waals surface area (Å²) in [6, 6.07) is 0. The third kappa shape index (κ3) is 2.05. The number of aliphatic carboxylic acids is 1. The molecule has 1 aromatic heterocycles. The van der Waals surface area contributed by atoms with Crippen molar-refractivity contribution in [2.75, 3.05) is 0 Å². The van der Waals surface area contributed by atoms with Crippen LogP contribution in [0.3, 0.4) is 0 Å². The Labute approximate surface area is 72.2 Å². The number of aryl methyl sites for hydroxylation is 1. The number of rotatable bonds is 2. The molecule has 0 saturated heterocycles. The van der Waals surface area contributed by atoms with Gasteiger partial charge in [-0.05, 0) is 6.92 Å². The molecule has 0 amide bonds. The molecule has 0 radical (unpaired) electrons. The number of carbonyl (C=O) groups excluding carboxylic acids is 1. The number of H-pyrrole nitrogens is 2. The molecule has 70 valence electrons. The van der Waals surface area contributed by atoms with E-state index in [1.807, 2.05) is 4.98 Å². The van der Waals surface area contributed by atoms with Gasteiger partial charge in [0.2, 0.25) is 0 Å². The SMILES string of the molecule is Cc1[nH]c(=O)[nH]c(=O)c1CC(=O)[O-]. The van der Waals surface area contributed by atoms with Crippen LogP contribution >= 0.6 is 0 Å². The number of aromatic amines is 2. The van der Waals surface area contributed by atoms with Crippen molar-refractivity contribution in [1.82, 2.24) is 9.97 Å². The van der Waals surface area contributed by atoms with E-state index in [2.05, 4.69) is 4.98 Å². The maximum atomic E-state index is 11.0. The van der Waals surface area contributed by atoms with Crippen LogP contribution < -0.4 is 16.4 Å². The Bertz CT molecular complexity index is 443. The van der Waals surface area contributed by atoms with Crippen molar-refractivity contribution in [3.8, 4) is 0 Å². The Balaban J connectivity index is 3.29. The van der Waals surface area contributed by atoms with Gasteiger partial charge in [0.15, 0.2) is 0 Å². The van der Waals surface area contributed by atoms with Gasteiger partial charge < -0.3 is 14.9 Å². The molecule has 0 saturated carbocycles. The predicted molar refractivity (Wildman–Crippen MR) is 41.1 cm³/mol. The average molecular weight is 183 g/mol. The molecule has 2 N–H and O–H groups in total. The Morgan fingerprint density at radius 3 is 2.46 bits per heavy atom. The first-order valence-electron chi connectivity index (χ1n) is 3.52. The highest BCUT2D eigenvalue weighted by atomic mass is 16.4. The highest BCUT2D eigenvalue weighted by Crippen LogP contribution is 1.94. The average Bonchev–Trinajstić information content (AvgIpc) is 1.96. The monoisotopic (exact) mass is 183 g/mol. The van der Waals surface area contributed by atoms with Gasteiger partial charge in [0, 0.05) is 23.6 Å². The summed E-state index contributed by atoms with van der Waals surface area (Å²) >= 11 is 0. The number of hydrogen-bond acceptors (Lipinski definition) is 4. The van der Waals surface area contributed by atoms with E-state index in [0.717, 1.165) is 0 Å². The van der Waals surface area contributed by atoms with E-state index in [-0.39, 0.29) is 11.3 Å². The quantitative estimate of drug-likeness (QED) is 0.536. The van der Waals surface area contributed by atoms with Gasteiger partial charge in [0.25, 0.3) is 5.56 Å². The Kier molecular flexibility index (Phi) is 2.32. The van der Waals surface area contributed by atoms with Gasteiger partial charge in [-0.25, -0.2) is 4.79 Å². The normalized spacial score (nSPS) is 9.92. The summed E-state index contributed by atoms with van der Waals surface area (Å²) in [6.45, 7) is 1.45. The Morgan fingerprint density at radius 2 is 2.00 bits per heavy atom. The third-order valence-corrected chi connectivity index (χ3v) is 1.58. The lowest BCUT2D eigenvalue weighted by Crippen LogP contribution is -2.32. The fraction of sp³-hybridized carbons (Fsp3) is 0.286. The highest BCUT2D eigenvalue weighted by Gasteiger charge is 2.04. The number of aromatic nitrogens is 2. The van der Waals surface area contributed by atoms with E-state index in [0.29, 0.717) is 0 Å². The highest BCUT2D eigenvalue weighted by molar-refractivity contribution is 5.68. The Morgan fingerprint density at radius 1 is 1.38 bits per heavy atom. The van der Waals surface area contributed by atoms with Crippen LogP contribution in [0.15, 0.2) is 9.59 Å². The van der Waals surface area contributed by atoms with Gasteiger partial charge in [-0.1, -0.05) is 0 Å². The summed E-state index contributed by atoms with van der Waals surface area (Å²) in [5, 5.41) is 10.2. The van der Waals surface area contributed by atoms with Crippen LogP contribution in [-0.4, -0.2) is 15.9 Å². The summed E-state index contributed by atoms with van der Waals surface area (Å²) in [6.07, 6.45) is -0.502. The van der Waals surface area contributed by atoms with E-state index in [9.17, 15) is 19.5 Å². The first-order chi connectivity index (χ1) is 6.00. The molecule has 0 bridgehead atoms. The molecule has 0 unspecified atom stereocenters. The molecule has 0 aliphatic carbocycles. The third-order valence-electron chi connectivity index (χ3n) is 1.58. The van der Waals surface area contributed by atoms with Gasteiger partial charge in [-0.15, -0.1) is 0 Å². The van der Waals surface area contributed by atoms with Crippen molar-refractivity contribution >= 4 is 5.97 Å². The molecule has 0 fully saturated rings. The minimum absolute atomic E-state index is 0.0135.